The number of benzene rings is 1. The van der Waals surface area contributed by atoms with Gasteiger partial charge in [0.2, 0.25) is 5.71 Å². The molecule has 1 saturated carbocycles. The third-order valence-electron chi connectivity index (χ3n) is 9.83. The van der Waals surface area contributed by atoms with Gasteiger partial charge in [-0.15, -0.1) is 0 Å². The fraction of sp³-hybridized carbons (Fsp3) is 0.429. The zero-order chi connectivity index (χ0) is 32.8. The van der Waals surface area contributed by atoms with E-state index in [9.17, 15) is 14.7 Å². The molecule has 6 rings (SSSR count). The van der Waals surface area contributed by atoms with Crippen LogP contribution < -0.4 is 15.5 Å². The first-order valence-electron chi connectivity index (χ1n) is 15.9. The van der Waals surface area contributed by atoms with Crippen molar-refractivity contribution in [2.24, 2.45) is 5.92 Å². The van der Waals surface area contributed by atoms with E-state index >= 15 is 0 Å². The van der Waals surface area contributed by atoms with Gasteiger partial charge in [0, 0.05) is 36.5 Å². The largest absolute Gasteiger partial charge is 0.465 e. The second-order valence-corrected chi connectivity index (χ2v) is 19.0. The first kappa shape index (κ1) is 31.7. The van der Waals surface area contributed by atoms with Crippen LogP contribution in [-0.4, -0.2) is 60.6 Å². The summed E-state index contributed by atoms with van der Waals surface area (Å²) >= 11 is 0. The van der Waals surface area contributed by atoms with E-state index in [0.717, 1.165) is 23.3 Å². The smallest absolute Gasteiger partial charge is 0.405 e. The summed E-state index contributed by atoms with van der Waals surface area (Å²) in [6.07, 6.45) is 2.94. The Bertz CT molecular complexity index is 1740. The first-order valence-corrected chi connectivity index (χ1v) is 18.8. The molecule has 1 aliphatic carbocycles. The lowest BCUT2D eigenvalue weighted by Crippen LogP contribution is -2.62. The molecule has 4 aromatic rings. The Morgan fingerprint density at radius 3 is 2.54 bits per heavy atom. The highest BCUT2D eigenvalue weighted by Gasteiger charge is 2.45. The first-order chi connectivity index (χ1) is 21.8. The van der Waals surface area contributed by atoms with E-state index in [4.69, 9.17) is 8.84 Å². The molecule has 0 bridgehead atoms. The van der Waals surface area contributed by atoms with Crippen molar-refractivity contribution < 1.29 is 23.5 Å². The monoisotopic (exact) mass is 641 g/mol. The molecular formula is C35H43N5O5Si. The van der Waals surface area contributed by atoms with Gasteiger partial charge in [-0.3, -0.25) is 9.78 Å². The van der Waals surface area contributed by atoms with Crippen molar-refractivity contribution >= 4 is 42.8 Å². The van der Waals surface area contributed by atoms with Crippen LogP contribution in [0.15, 0.2) is 71.4 Å². The molecule has 1 aliphatic heterocycles. The summed E-state index contributed by atoms with van der Waals surface area (Å²) in [6, 6.07) is 17.4. The second-order valence-electron chi connectivity index (χ2n) is 14.2. The molecule has 2 aliphatic rings. The molecule has 2 fully saturated rings. The van der Waals surface area contributed by atoms with E-state index in [1.165, 1.54) is 5.56 Å². The number of rotatable bonds is 8. The van der Waals surface area contributed by atoms with Crippen molar-refractivity contribution in [1.82, 2.24) is 15.3 Å². The number of piperidine rings is 1. The highest BCUT2D eigenvalue weighted by Crippen LogP contribution is 2.55. The second kappa shape index (κ2) is 12.2. The fourth-order valence-corrected chi connectivity index (χ4v) is 7.66. The van der Waals surface area contributed by atoms with Crippen LogP contribution in [0.1, 0.15) is 67.8 Å². The summed E-state index contributed by atoms with van der Waals surface area (Å²) in [5.74, 6) is 1.27. The van der Waals surface area contributed by atoms with Gasteiger partial charge < -0.3 is 29.5 Å². The summed E-state index contributed by atoms with van der Waals surface area (Å²) < 4.78 is 12.9. The summed E-state index contributed by atoms with van der Waals surface area (Å²) in [4.78, 5) is 36.3. The van der Waals surface area contributed by atoms with Crippen LogP contribution in [0, 0.1) is 5.92 Å². The maximum atomic E-state index is 13.5. The minimum Gasteiger partial charge on any atom is -0.465 e. The number of hydrogen-bond donors (Lipinski definition) is 3. The van der Waals surface area contributed by atoms with Crippen LogP contribution in [0.25, 0.3) is 11.1 Å². The highest BCUT2D eigenvalue weighted by atomic mass is 28.4. The van der Waals surface area contributed by atoms with Crippen LogP contribution in [0.5, 0.6) is 0 Å². The zero-order valence-electron chi connectivity index (χ0n) is 27.3. The van der Waals surface area contributed by atoms with Crippen molar-refractivity contribution in [3.05, 3.63) is 84.0 Å². The Kier molecular flexibility index (Phi) is 8.41. The summed E-state index contributed by atoms with van der Waals surface area (Å²) in [7, 11) is -2.17. The van der Waals surface area contributed by atoms with Crippen LogP contribution in [0.4, 0.5) is 16.2 Å². The minimum absolute atomic E-state index is 0.0154. The molecule has 4 heterocycles. The summed E-state index contributed by atoms with van der Waals surface area (Å²) in [5, 5.41) is 16.3. The number of aromatic nitrogens is 2. The molecule has 0 unspecified atom stereocenters. The van der Waals surface area contributed by atoms with E-state index in [-0.39, 0.29) is 28.7 Å². The highest BCUT2D eigenvalue weighted by molar-refractivity contribution is 6.74. The number of nitrogens with zero attached hydrogens (tertiary/aromatic N) is 3. The number of nitrogens with one attached hydrogen (secondary N) is 2. The van der Waals surface area contributed by atoms with Gasteiger partial charge in [-0.25, -0.2) is 9.78 Å². The average molecular weight is 642 g/mol. The third kappa shape index (κ3) is 6.52. The number of anilines is 2. The molecule has 1 aromatic carbocycles. The lowest BCUT2D eigenvalue weighted by molar-refractivity contribution is 0.0722. The van der Waals surface area contributed by atoms with E-state index in [0.29, 0.717) is 36.3 Å². The maximum absolute atomic E-state index is 13.5. The molecule has 3 aromatic heterocycles. The Balaban J connectivity index is 1.18. The lowest BCUT2D eigenvalue weighted by Gasteiger charge is -2.48. The predicted molar refractivity (Wildman–Crippen MR) is 181 cm³/mol. The zero-order valence-corrected chi connectivity index (χ0v) is 28.3. The quantitative estimate of drug-likeness (QED) is 0.172. The maximum Gasteiger partial charge on any atom is 0.405 e. The molecule has 0 spiro atoms. The van der Waals surface area contributed by atoms with Crippen molar-refractivity contribution in [2.45, 2.75) is 76.2 Å². The van der Waals surface area contributed by atoms with Crippen molar-refractivity contribution in [1.29, 1.82) is 0 Å². The van der Waals surface area contributed by atoms with Gasteiger partial charge >= 0.3 is 6.09 Å². The third-order valence-corrected chi connectivity index (χ3v) is 14.3. The average Bonchev–Trinajstić information content (AvgIpc) is 3.69. The molecule has 5 atom stereocenters. The van der Waals surface area contributed by atoms with E-state index in [1.54, 1.807) is 18.5 Å². The molecular weight excluding hydrogens is 599 g/mol. The standard InChI is InChI=1S/C35H43N5O5Si/c1-21-19-40(20-28(39-34(42)43)31(21)45-46(5,6)35(2,3)4)29-14-15-36-18-27(29)37-32(41)26-13-12-23-16-30(44-33(23)38-26)25-17-24(25)22-10-8-7-9-11-22/h7-16,18,21,24-25,28,31,39H,17,19-20H2,1-6H3,(H,37,41)(H,42,43)/t21-,24+,25-,28+,31-/m0/s1. The van der Waals surface area contributed by atoms with Gasteiger partial charge in [-0.05, 0) is 60.3 Å². The number of amides is 2. The van der Waals surface area contributed by atoms with Gasteiger partial charge in [0.25, 0.3) is 5.91 Å². The van der Waals surface area contributed by atoms with Gasteiger partial charge in [0.1, 0.15) is 11.5 Å². The number of carbonyl (C=O) groups excluding carboxylic acids is 1. The van der Waals surface area contributed by atoms with Crippen molar-refractivity contribution in [3.8, 4) is 0 Å². The van der Waals surface area contributed by atoms with E-state index < -0.39 is 20.5 Å². The molecule has 11 heteroatoms. The predicted octanol–water partition coefficient (Wildman–Crippen LogP) is 7.23. The number of carboxylic acid groups (broad SMARTS) is 1. The SMILES string of the molecule is C[C@H]1CN(c2ccncc2NC(=O)c2ccc3cc([C@H]4C[C@@H]4c4ccccc4)oc3n2)C[C@@H](NC(=O)O)[C@H]1O[Si](C)(C)C(C)(C)C. The number of hydrogen-bond acceptors (Lipinski definition) is 7. The number of furan rings is 1. The van der Waals surface area contributed by atoms with Crippen LogP contribution in [0.3, 0.4) is 0 Å². The van der Waals surface area contributed by atoms with Crippen molar-refractivity contribution in [2.75, 3.05) is 23.3 Å². The number of pyridine rings is 2. The topological polar surface area (TPSA) is 130 Å². The van der Waals surface area contributed by atoms with Gasteiger partial charge in [0.15, 0.2) is 8.32 Å². The Morgan fingerprint density at radius 2 is 1.83 bits per heavy atom. The molecule has 1 saturated heterocycles. The van der Waals surface area contributed by atoms with Gasteiger partial charge in [0.05, 0.1) is 29.7 Å². The van der Waals surface area contributed by atoms with E-state index in [1.807, 2.05) is 24.3 Å². The Morgan fingerprint density at radius 1 is 1.07 bits per heavy atom. The molecule has 3 N–H and O–H groups in total. The van der Waals surface area contributed by atoms with Crippen LogP contribution in [0.2, 0.25) is 18.1 Å². The molecule has 10 nitrogen and oxygen atoms in total. The van der Waals surface area contributed by atoms with Gasteiger partial charge in [-0.2, -0.15) is 0 Å². The normalized spacial score (nSPS) is 23.3. The van der Waals surface area contributed by atoms with Gasteiger partial charge in [-0.1, -0.05) is 58.0 Å². The Hall–Kier alpha value is -4.22. The molecule has 242 valence electrons. The number of fused-ring (bicyclic) bond motifs is 1. The lowest BCUT2D eigenvalue weighted by atomic mass is 9.92. The van der Waals surface area contributed by atoms with Crippen LogP contribution >= 0.6 is 0 Å². The molecule has 0 radical (unpaired) electrons. The minimum atomic E-state index is -2.17. The Labute approximate surface area is 270 Å². The fourth-order valence-electron chi connectivity index (χ4n) is 6.23. The molecule has 2 amide bonds. The van der Waals surface area contributed by atoms with Crippen LogP contribution in [-0.2, 0) is 4.43 Å². The summed E-state index contributed by atoms with van der Waals surface area (Å²) in [6.45, 7) is 14.0. The van der Waals surface area contributed by atoms with Crippen molar-refractivity contribution in [3.63, 3.8) is 0 Å². The van der Waals surface area contributed by atoms with E-state index in [2.05, 4.69) is 90.6 Å². The summed E-state index contributed by atoms with van der Waals surface area (Å²) in [5.41, 5.74) is 3.25. The molecule has 46 heavy (non-hydrogen) atoms. The number of carbonyl (C=O) groups is 2.